The van der Waals surface area contributed by atoms with Gasteiger partial charge in [-0.15, -0.1) is 0 Å². The molecule has 0 bridgehead atoms. The summed E-state index contributed by atoms with van der Waals surface area (Å²) in [5.74, 6) is -1.72. The fourth-order valence-electron chi connectivity index (χ4n) is 2.23. The van der Waals surface area contributed by atoms with Crippen molar-refractivity contribution in [3.8, 4) is 5.75 Å². The molecule has 0 fully saturated rings. The summed E-state index contributed by atoms with van der Waals surface area (Å²) in [6.45, 7) is 12.2. The van der Waals surface area contributed by atoms with Crippen molar-refractivity contribution in [2.45, 2.75) is 52.6 Å². The minimum atomic E-state index is -1.08. The molecule has 1 radical (unpaired) electrons. The molecule has 131 valence electrons. The Morgan fingerprint density at radius 2 is 1.92 bits per heavy atom. The van der Waals surface area contributed by atoms with E-state index in [1.165, 1.54) is 6.08 Å². The molecule has 1 N–H and O–H groups in total. The third kappa shape index (κ3) is 5.64. The molecule has 1 atom stereocenters. The van der Waals surface area contributed by atoms with E-state index in [2.05, 4.69) is 20.8 Å². The summed E-state index contributed by atoms with van der Waals surface area (Å²) in [7, 11) is -0.955. The SMILES string of the molecule is CCC(C(=O)O)C(=O)C=Cc1ccc(C(C)(C)C)cc1O[Si](C)C. The van der Waals surface area contributed by atoms with E-state index >= 15 is 0 Å². The molecule has 1 aromatic carbocycles. The van der Waals surface area contributed by atoms with Crippen molar-refractivity contribution in [3.05, 3.63) is 35.4 Å². The first-order valence-electron chi connectivity index (χ1n) is 8.13. The Balaban J connectivity index is 3.16. The molecule has 0 saturated carbocycles. The molecule has 0 saturated heterocycles. The average Bonchev–Trinajstić information content (AvgIpc) is 2.44. The van der Waals surface area contributed by atoms with Gasteiger partial charge in [0.1, 0.15) is 11.7 Å². The maximum absolute atomic E-state index is 12.0. The molecular formula is C19H27O4Si. The molecule has 4 nitrogen and oxygen atoms in total. The number of ketones is 1. The summed E-state index contributed by atoms with van der Waals surface area (Å²) < 4.78 is 5.97. The number of hydrogen-bond donors (Lipinski definition) is 1. The number of aliphatic carboxylic acids is 1. The number of carbonyl (C=O) groups is 2. The average molecular weight is 348 g/mol. The molecule has 24 heavy (non-hydrogen) atoms. The van der Waals surface area contributed by atoms with Crippen molar-refractivity contribution in [1.29, 1.82) is 0 Å². The maximum atomic E-state index is 12.0. The molecule has 0 aliphatic rings. The van der Waals surface area contributed by atoms with Crippen LogP contribution < -0.4 is 4.43 Å². The Bertz CT molecular complexity index is 627. The van der Waals surface area contributed by atoms with E-state index in [9.17, 15) is 9.59 Å². The Hall–Kier alpha value is -1.88. The lowest BCUT2D eigenvalue weighted by Gasteiger charge is -2.21. The monoisotopic (exact) mass is 347 g/mol. The molecule has 0 amide bonds. The number of carbonyl (C=O) groups excluding carboxylic acids is 1. The first-order valence-corrected chi connectivity index (χ1v) is 10.5. The Morgan fingerprint density at radius 1 is 1.29 bits per heavy atom. The van der Waals surface area contributed by atoms with Gasteiger partial charge in [0.25, 0.3) is 9.04 Å². The predicted octanol–water partition coefficient (Wildman–Crippen LogP) is 4.31. The van der Waals surface area contributed by atoms with Gasteiger partial charge in [-0.25, -0.2) is 0 Å². The summed E-state index contributed by atoms with van der Waals surface area (Å²) in [5, 5.41) is 9.06. The van der Waals surface area contributed by atoms with E-state index in [0.29, 0.717) is 0 Å². The number of carboxylic acid groups (broad SMARTS) is 1. The fraction of sp³-hybridized carbons (Fsp3) is 0.474. The van der Waals surface area contributed by atoms with E-state index in [4.69, 9.17) is 9.53 Å². The normalized spacial score (nSPS) is 13.3. The number of allylic oxidation sites excluding steroid dienone is 1. The van der Waals surface area contributed by atoms with E-state index < -0.39 is 26.7 Å². The molecule has 0 heterocycles. The van der Waals surface area contributed by atoms with Crippen LogP contribution in [0.5, 0.6) is 5.75 Å². The Morgan fingerprint density at radius 3 is 2.38 bits per heavy atom. The molecular weight excluding hydrogens is 320 g/mol. The van der Waals surface area contributed by atoms with Crippen molar-refractivity contribution in [2.75, 3.05) is 0 Å². The van der Waals surface area contributed by atoms with Gasteiger partial charge in [-0.1, -0.05) is 39.8 Å². The first kappa shape index (κ1) is 20.2. The van der Waals surface area contributed by atoms with Crippen LogP contribution in [-0.2, 0) is 15.0 Å². The Labute approximate surface area is 146 Å². The highest BCUT2D eigenvalue weighted by molar-refractivity contribution is 6.49. The summed E-state index contributed by atoms with van der Waals surface area (Å²) in [4.78, 5) is 23.1. The van der Waals surface area contributed by atoms with Crippen LogP contribution in [0.15, 0.2) is 24.3 Å². The van der Waals surface area contributed by atoms with Gasteiger partial charge >= 0.3 is 5.97 Å². The first-order chi connectivity index (χ1) is 11.1. The smallest absolute Gasteiger partial charge is 0.314 e. The maximum Gasteiger partial charge on any atom is 0.314 e. The van der Waals surface area contributed by atoms with Gasteiger partial charge in [0.2, 0.25) is 0 Å². The lowest BCUT2D eigenvalue weighted by molar-refractivity contribution is -0.145. The van der Waals surface area contributed by atoms with Gasteiger partial charge < -0.3 is 9.53 Å². The molecule has 1 rings (SSSR count). The van der Waals surface area contributed by atoms with Crippen LogP contribution in [0, 0.1) is 5.92 Å². The third-order valence-corrected chi connectivity index (χ3v) is 4.30. The molecule has 0 aliphatic heterocycles. The molecule has 1 aromatic rings. The fourth-order valence-corrected chi connectivity index (χ4v) is 2.85. The summed E-state index contributed by atoms with van der Waals surface area (Å²) in [5.41, 5.74) is 1.95. The van der Waals surface area contributed by atoms with Crippen molar-refractivity contribution in [3.63, 3.8) is 0 Å². The summed E-state index contributed by atoms with van der Waals surface area (Å²) >= 11 is 0. The van der Waals surface area contributed by atoms with Crippen LogP contribution in [0.25, 0.3) is 6.08 Å². The number of hydrogen-bond acceptors (Lipinski definition) is 3. The van der Waals surface area contributed by atoms with Crippen LogP contribution in [-0.4, -0.2) is 25.9 Å². The van der Waals surface area contributed by atoms with Gasteiger partial charge in [0.05, 0.1) is 0 Å². The minimum Gasteiger partial charge on any atom is -0.542 e. The topological polar surface area (TPSA) is 63.6 Å². The largest absolute Gasteiger partial charge is 0.542 e. The van der Waals surface area contributed by atoms with E-state index in [1.807, 2.05) is 31.3 Å². The standard InChI is InChI=1S/C19H27O4Si/c1-7-15(18(21)22)16(20)11-9-13-8-10-14(19(2,3)4)12-17(13)23-24(5)6/h8-12,15H,7H2,1-6H3,(H,21,22). The predicted molar refractivity (Wildman–Crippen MR) is 98.7 cm³/mol. The molecule has 0 spiro atoms. The van der Waals surface area contributed by atoms with Crippen molar-refractivity contribution < 1.29 is 19.1 Å². The van der Waals surface area contributed by atoms with Crippen LogP contribution in [0.3, 0.4) is 0 Å². The number of carboxylic acids is 1. The van der Waals surface area contributed by atoms with Gasteiger partial charge in [0, 0.05) is 5.56 Å². The van der Waals surface area contributed by atoms with Gasteiger partial charge in [0.15, 0.2) is 5.78 Å². The third-order valence-electron chi connectivity index (χ3n) is 3.67. The second-order valence-corrected chi connectivity index (χ2v) is 9.07. The second-order valence-electron chi connectivity index (χ2n) is 7.05. The molecule has 0 aromatic heterocycles. The summed E-state index contributed by atoms with van der Waals surface area (Å²) in [6.07, 6.45) is 3.28. The molecule has 1 unspecified atom stereocenters. The van der Waals surface area contributed by atoms with Crippen LogP contribution in [0.4, 0.5) is 0 Å². The highest BCUT2D eigenvalue weighted by Gasteiger charge is 2.22. The number of benzene rings is 1. The zero-order valence-corrected chi connectivity index (χ0v) is 16.3. The molecule has 0 aliphatic carbocycles. The van der Waals surface area contributed by atoms with Gasteiger partial charge in [-0.05, 0) is 48.7 Å². The lowest BCUT2D eigenvalue weighted by atomic mass is 9.86. The van der Waals surface area contributed by atoms with E-state index in [1.54, 1.807) is 13.0 Å². The highest BCUT2D eigenvalue weighted by Crippen LogP contribution is 2.30. The van der Waals surface area contributed by atoms with Gasteiger partial charge in [-0.3, -0.25) is 9.59 Å². The van der Waals surface area contributed by atoms with Crippen molar-refractivity contribution in [1.82, 2.24) is 0 Å². The quantitative estimate of drug-likeness (QED) is 0.453. The van der Waals surface area contributed by atoms with Crippen LogP contribution in [0.2, 0.25) is 13.1 Å². The Kier molecular flexibility index (Phi) is 6.96. The lowest BCUT2D eigenvalue weighted by Crippen LogP contribution is -2.21. The second kappa shape index (κ2) is 8.28. The van der Waals surface area contributed by atoms with E-state index in [0.717, 1.165) is 16.9 Å². The van der Waals surface area contributed by atoms with Crippen molar-refractivity contribution >= 4 is 26.9 Å². The zero-order valence-electron chi connectivity index (χ0n) is 15.3. The summed E-state index contributed by atoms with van der Waals surface area (Å²) in [6, 6.07) is 5.95. The zero-order chi connectivity index (χ0) is 18.5. The number of rotatable bonds is 7. The van der Waals surface area contributed by atoms with Gasteiger partial charge in [-0.2, -0.15) is 0 Å². The van der Waals surface area contributed by atoms with E-state index in [-0.39, 0.29) is 11.8 Å². The molecule has 5 heteroatoms. The van der Waals surface area contributed by atoms with Crippen LogP contribution in [0.1, 0.15) is 45.2 Å². The van der Waals surface area contributed by atoms with Crippen LogP contribution >= 0.6 is 0 Å². The van der Waals surface area contributed by atoms with Crippen molar-refractivity contribution in [2.24, 2.45) is 5.92 Å². The highest BCUT2D eigenvalue weighted by atomic mass is 28.3. The minimum absolute atomic E-state index is 0.00116.